The van der Waals surface area contributed by atoms with Crippen LogP contribution < -0.4 is 19.6 Å². The smallest absolute Gasteiger partial charge is 0.344 e. The lowest BCUT2D eigenvalue weighted by Crippen LogP contribution is -2.19. The van der Waals surface area contributed by atoms with Crippen molar-refractivity contribution < 1.29 is 28.5 Å². The van der Waals surface area contributed by atoms with Crippen molar-refractivity contribution in [3.05, 3.63) is 53.6 Å². The van der Waals surface area contributed by atoms with Gasteiger partial charge in [-0.3, -0.25) is 4.79 Å². The Labute approximate surface area is 169 Å². The van der Waals surface area contributed by atoms with Gasteiger partial charge in [0.15, 0.2) is 18.1 Å². The highest BCUT2D eigenvalue weighted by Crippen LogP contribution is 2.27. The zero-order valence-electron chi connectivity index (χ0n) is 16.8. The van der Waals surface area contributed by atoms with Crippen molar-refractivity contribution >= 4 is 18.1 Å². The lowest BCUT2D eigenvalue weighted by Gasteiger charge is -2.12. The van der Waals surface area contributed by atoms with Crippen molar-refractivity contribution in [1.82, 2.24) is 5.43 Å². The molecule has 8 nitrogen and oxygen atoms in total. The first-order chi connectivity index (χ1) is 13.9. The molecule has 0 fully saturated rings. The average molecular weight is 400 g/mol. The van der Waals surface area contributed by atoms with E-state index in [-0.39, 0.29) is 18.6 Å². The normalized spacial score (nSPS) is 10.7. The van der Waals surface area contributed by atoms with Crippen LogP contribution in [0.15, 0.2) is 47.6 Å². The minimum Gasteiger partial charge on any atom is -0.497 e. The zero-order valence-corrected chi connectivity index (χ0v) is 16.8. The Bertz CT molecular complexity index is 862. The molecule has 154 valence electrons. The quantitative estimate of drug-likeness (QED) is 0.395. The van der Waals surface area contributed by atoms with E-state index in [1.807, 2.05) is 0 Å². The van der Waals surface area contributed by atoms with Gasteiger partial charge in [-0.15, -0.1) is 0 Å². The summed E-state index contributed by atoms with van der Waals surface area (Å²) in [5.74, 6) is 0.672. The van der Waals surface area contributed by atoms with Crippen LogP contribution in [0.5, 0.6) is 17.2 Å². The molecule has 2 aromatic rings. The van der Waals surface area contributed by atoms with Crippen LogP contribution in [0.2, 0.25) is 0 Å². The Balaban J connectivity index is 1.96. The summed E-state index contributed by atoms with van der Waals surface area (Å²) in [4.78, 5) is 23.7. The number of nitrogens with zero attached hydrogens (tertiary/aromatic N) is 1. The average Bonchev–Trinajstić information content (AvgIpc) is 2.72. The number of carbonyl (C=O) groups is 2. The van der Waals surface area contributed by atoms with Gasteiger partial charge < -0.3 is 18.9 Å². The number of rotatable bonds is 9. The standard InChI is InChI=1S/C21H24N2O6/c1-14(2)29-20(24)13-28-18-10-5-15(11-19(18)27-4)12-22-23-21(25)16-6-8-17(26-3)9-7-16/h5-12,14H,13H2,1-4H3,(H,23,25)/b22-12+. The van der Waals surface area contributed by atoms with Gasteiger partial charge in [-0.25, -0.2) is 10.2 Å². The summed E-state index contributed by atoms with van der Waals surface area (Å²) >= 11 is 0. The van der Waals surface area contributed by atoms with Crippen molar-refractivity contribution in [2.45, 2.75) is 20.0 Å². The molecule has 0 aliphatic carbocycles. The number of hydrogen-bond donors (Lipinski definition) is 1. The molecule has 0 saturated heterocycles. The highest BCUT2D eigenvalue weighted by molar-refractivity contribution is 5.95. The van der Waals surface area contributed by atoms with Gasteiger partial charge in [0.2, 0.25) is 0 Å². The molecule has 0 aromatic heterocycles. The molecule has 0 aliphatic heterocycles. The summed E-state index contributed by atoms with van der Waals surface area (Å²) in [5, 5.41) is 3.95. The van der Waals surface area contributed by atoms with E-state index in [0.717, 1.165) is 0 Å². The molecule has 1 N–H and O–H groups in total. The maximum Gasteiger partial charge on any atom is 0.344 e. The molecule has 0 saturated carbocycles. The number of methoxy groups -OCH3 is 2. The van der Waals surface area contributed by atoms with Crippen molar-refractivity contribution in [2.75, 3.05) is 20.8 Å². The first-order valence-corrected chi connectivity index (χ1v) is 8.90. The zero-order chi connectivity index (χ0) is 21.2. The molecule has 0 unspecified atom stereocenters. The van der Waals surface area contributed by atoms with Crippen LogP contribution in [-0.4, -0.2) is 45.0 Å². The summed E-state index contributed by atoms with van der Waals surface area (Å²) in [5.41, 5.74) is 3.58. The van der Waals surface area contributed by atoms with Gasteiger partial charge in [-0.1, -0.05) is 0 Å². The van der Waals surface area contributed by atoms with Gasteiger partial charge in [-0.05, 0) is 61.9 Å². The molecule has 29 heavy (non-hydrogen) atoms. The number of hydrazone groups is 1. The van der Waals surface area contributed by atoms with Crippen LogP contribution in [0.25, 0.3) is 0 Å². The van der Waals surface area contributed by atoms with E-state index in [9.17, 15) is 9.59 Å². The van der Waals surface area contributed by atoms with E-state index >= 15 is 0 Å². The predicted octanol–water partition coefficient (Wildman–Crippen LogP) is 2.80. The van der Waals surface area contributed by atoms with E-state index < -0.39 is 5.97 Å². The summed E-state index contributed by atoms with van der Waals surface area (Å²) in [6, 6.07) is 11.7. The van der Waals surface area contributed by atoms with E-state index in [1.165, 1.54) is 13.3 Å². The second-order valence-corrected chi connectivity index (χ2v) is 6.17. The summed E-state index contributed by atoms with van der Waals surface area (Å²) < 4.78 is 20.8. The fraction of sp³-hybridized carbons (Fsp3) is 0.286. The molecule has 0 radical (unpaired) electrons. The molecular formula is C21H24N2O6. The van der Waals surface area contributed by atoms with Crippen molar-refractivity contribution in [3.63, 3.8) is 0 Å². The molecule has 0 aliphatic rings. The van der Waals surface area contributed by atoms with Crippen molar-refractivity contribution in [3.8, 4) is 17.2 Å². The van der Waals surface area contributed by atoms with Gasteiger partial charge >= 0.3 is 5.97 Å². The van der Waals surface area contributed by atoms with Crippen LogP contribution in [0.3, 0.4) is 0 Å². The Morgan fingerprint density at radius 2 is 1.76 bits per heavy atom. The molecule has 2 rings (SSSR count). The highest BCUT2D eigenvalue weighted by atomic mass is 16.6. The molecular weight excluding hydrogens is 376 g/mol. The second-order valence-electron chi connectivity index (χ2n) is 6.17. The van der Waals surface area contributed by atoms with Crippen molar-refractivity contribution in [2.24, 2.45) is 5.10 Å². The minimum absolute atomic E-state index is 0.209. The number of hydrogen-bond acceptors (Lipinski definition) is 7. The van der Waals surface area contributed by atoms with E-state index in [0.29, 0.717) is 28.4 Å². The Morgan fingerprint density at radius 1 is 1.03 bits per heavy atom. The maximum absolute atomic E-state index is 12.1. The third-order valence-corrected chi connectivity index (χ3v) is 3.63. The summed E-state index contributed by atoms with van der Waals surface area (Å²) in [7, 11) is 3.04. The third-order valence-electron chi connectivity index (χ3n) is 3.63. The van der Waals surface area contributed by atoms with Crippen LogP contribution >= 0.6 is 0 Å². The number of nitrogens with one attached hydrogen (secondary N) is 1. The fourth-order valence-electron chi connectivity index (χ4n) is 2.29. The molecule has 0 bridgehead atoms. The Hall–Kier alpha value is -3.55. The monoisotopic (exact) mass is 400 g/mol. The lowest BCUT2D eigenvalue weighted by molar-refractivity contribution is -0.149. The molecule has 0 heterocycles. The Morgan fingerprint density at radius 3 is 2.38 bits per heavy atom. The van der Waals surface area contributed by atoms with Gasteiger partial charge in [-0.2, -0.15) is 5.10 Å². The predicted molar refractivity (Wildman–Crippen MR) is 108 cm³/mol. The minimum atomic E-state index is -0.464. The topological polar surface area (TPSA) is 95.5 Å². The molecule has 0 atom stereocenters. The molecule has 0 spiro atoms. The molecule has 2 aromatic carbocycles. The first-order valence-electron chi connectivity index (χ1n) is 8.90. The number of benzene rings is 2. The molecule has 8 heteroatoms. The van der Waals surface area contributed by atoms with Crippen LogP contribution in [0.1, 0.15) is 29.8 Å². The van der Waals surface area contributed by atoms with Crippen LogP contribution in [-0.2, 0) is 9.53 Å². The van der Waals surface area contributed by atoms with Gasteiger partial charge in [0, 0.05) is 5.56 Å². The lowest BCUT2D eigenvalue weighted by atomic mass is 10.2. The molecule has 1 amide bonds. The van der Waals surface area contributed by atoms with Crippen molar-refractivity contribution in [1.29, 1.82) is 0 Å². The second kappa shape index (κ2) is 10.7. The largest absolute Gasteiger partial charge is 0.497 e. The van der Waals surface area contributed by atoms with E-state index in [1.54, 1.807) is 63.4 Å². The SMILES string of the molecule is COc1ccc(C(=O)N/N=C/c2ccc(OCC(=O)OC(C)C)c(OC)c2)cc1. The summed E-state index contributed by atoms with van der Waals surface area (Å²) in [6.45, 7) is 3.31. The fourth-order valence-corrected chi connectivity index (χ4v) is 2.29. The number of ether oxygens (including phenoxy) is 4. The van der Waals surface area contributed by atoms with E-state index in [4.69, 9.17) is 18.9 Å². The van der Waals surface area contributed by atoms with Gasteiger partial charge in [0.1, 0.15) is 5.75 Å². The van der Waals surface area contributed by atoms with Gasteiger partial charge in [0.05, 0.1) is 26.5 Å². The van der Waals surface area contributed by atoms with E-state index in [2.05, 4.69) is 10.5 Å². The van der Waals surface area contributed by atoms with Gasteiger partial charge in [0.25, 0.3) is 5.91 Å². The third kappa shape index (κ3) is 6.84. The van der Waals surface area contributed by atoms with Crippen LogP contribution in [0, 0.1) is 0 Å². The number of carbonyl (C=O) groups excluding carboxylic acids is 2. The van der Waals surface area contributed by atoms with Crippen LogP contribution in [0.4, 0.5) is 0 Å². The summed E-state index contributed by atoms with van der Waals surface area (Å²) in [6.07, 6.45) is 1.26. The Kier molecular flexibility index (Phi) is 8.02. The maximum atomic E-state index is 12.1. The highest BCUT2D eigenvalue weighted by Gasteiger charge is 2.10. The number of esters is 1. The first kappa shape index (κ1) is 21.7. The number of amides is 1.